The Morgan fingerprint density at radius 1 is 0.921 bits per heavy atom. The first-order valence-electron chi connectivity index (χ1n) is 14.0. The monoisotopic (exact) mass is 513 g/mol. The second kappa shape index (κ2) is 10.7. The van der Waals surface area contributed by atoms with E-state index in [1.165, 1.54) is 6.07 Å². The van der Waals surface area contributed by atoms with Gasteiger partial charge < -0.3 is 14.7 Å². The molecule has 1 unspecified atom stereocenters. The van der Waals surface area contributed by atoms with Crippen molar-refractivity contribution >= 4 is 17.3 Å². The standard InChI is InChI=1S/C30H36FN7/c1-3-35(4-2)24-15-18-36(19-16-24)29-12-6-10-25(33-29)27-21-32-28-13-14-30(34-38(27)28)37-17-7-11-26(37)22-8-5-9-23(31)20-22/h5-6,8-10,12-14,20-21,24,26H,3-4,7,11,15-19H2,1-2H3. The summed E-state index contributed by atoms with van der Waals surface area (Å²) >= 11 is 0. The number of fused-ring (bicyclic) bond motifs is 1. The molecule has 0 amide bonds. The van der Waals surface area contributed by atoms with Gasteiger partial charge in [-0.2, -0.15) is 0 Å². The summed E-state index contributed by atoms with van der Waals surface area (Å²) in [6.07, 6.45) is 6.21. The third-order valence-corrected chi connectivity index (χ3v) is 8.24. The first kappa shape index (κ1) is 24.8. The number of halogens is 1. The molecule has 0 spiro atoms. The molecule has 3 aromatic heterocycles. The van der Waals surface area contributed by atoms with Crippen LogP contribution >= 0.6 is 0 Å². The molecule has 4 aromatic rings. The summed E-state index contributed by atoms with van der Waals surface area (Å²) in [6, 6.07) is 18.0. The number of imidazole rings is 1. The second-order valence-corrected chi connectivity index (χ2v) is 10.3. The molecule has 2 aliphatic rings. The number of rotatable bonds is 7. The Kier molecular flexibility index (Phi) is 6.98. The molecular weight excluding hydrogens is 477 g/mol. The molecule has 0 N–H and O–H groups in total. The van der Waals surface area contributed by atoms with Crippen LogP contribution in [0.1, 0.15) is 51.1 Å². The number of benzene rings is 1. The Morgan fingerprint density at radius 2 is 1.74 bits per heavy atom. The van der Waals surface area contributed by atoms with Crippen LogP contribution in [0.25, 0.3) is 17.0 Å². The summed E-state index contributed by atoms with van der Waals surface area (Å²) in [5.74, 6) is 1.69. The minimum atomic E-state index is -0.196. The van der Waals surface area contributed by atoms with Gasteiger partial charge in [-0.05, 0) is 80.7 Å². The molecule has 0 aliphatic carbocycles. The molecule has 0 saturated carbocycles. The summed E-state index contributed by atoms with van der Waals surface area (Å²) < 4.78 is 15.9. The van der Waals surface area contributed by atoms with E-state index in [0.717, 1.165) is 92.6 Å². The maximum absolute atomic E-state index is 14.0. The molecule has 0 radical (unpaired) electrons. The second-order valence-electron chi connectivity index (χ2n) is 10.3. The molecular formula is C30H36FN7. The quantitative estimate of drug-likeness (QED) is 0.322. The lowest BCUT2D eigenvalue weighted by molar-refractivity contribution is 0.186. The van der Waals surface area contributed by atoms with Gasteiger partial charge in [-0.25, -0.2) is 18.9 Å². The summed E-state index contributed by atoms with van der Waals surface area (Å²) in [6.45, 7) is 9.65. The van der Waals surface area contributed by atoms with E-state index in [0.29, 0.717) is 6.04 Å². The minimum Gasteiger partial charge on any atom is -0.356 e. The summed E-state index contributed by atoms with van der Waals surface area (Å²) in [5, 5.41) is 5.01. The van der Waals surface area contributed by atoms with E-state index < -0.39 is 0 Å². The first-order valence-corrected chi connectivity index (χ1v) is 14.0. The van der Waals surface area contributed by atoms with Crippen molar-refractivity contribution < 1.29 is 4.39 Å². The Hall–Kier alpha value is -3.52. The molecule has 2 aliphatic heterocycles. The molecule has 1 aromatic carbocycles. The molecule has 7 nitrogen and oxygen atoms in total. The third kappa shape index (κ3) is 4.73. The van der Waals surface area contributed by atoms with Crippen LogP contribution in [0.5, 0.6) is 0 Å². The van der Waals surface area contributed by atoms with Gasteiger partial charge in [-0.15, -0.1) is 5.10 Å². The Bertz CT molecular complexity index is 1390. The zero-order valence-corrected chi connectivity index (χ0v) is 22.3. The highest BCUT2D eigenvalue weighted by Gasteiger charge is 2.28. The van der Waals surface area contributed by atoms with Crippen molar-refractivity contribution in [1.82, 2.24) is 24.5 Å². The summed E-state index contributed by atoms with van der Waals surface area (Å²) in [4.78, 5) is 16.9. The van der Waals surface area contributed by atoms with Gasteiger partial charge >= 0.3 is 0 Å². The topological polar surface area (TPSA) is 52.8 Å². The maximum atomic E-state index is 14.0. The van der Waals surface area contributed by atoms with E-state index in [2.05, 4.69) is 45.7 Å². The van der Waals surface area contributed by atoms with Crippen LogP contribution in [-0.2, 0) is 0 Å². The highest BCUT2D eigenvalue weighted by atomic mass is 19.1. The van der Waals surface area contributed by atoms with Crippen molar-refractivity contribution in [2.45, 2.75) is 51.6 Å². The molecule has 0 bridgehead atoms. The van der Waals surface area contributed by atoms with Gasteiger partial charge in [0.25, 0.3) is 0 Å². The van der Waals surface area contributed by atoms with Crippen molar-refractivity contribution in [1.29, 1.82) is 0 Å². The molecule has 6 rings (SSSR count). The Labute approximate surface area is 223 Å². The summed E-state index contributed by atoms with van der Waals surface area (Å²) in [5.41, 5.74) is 3.53. The molecule has 8 heteroatoms. The molecule has 2 fully saturated rings. The van der Waals surface area contributed by atoms with Crippen molar-refractivity contribution in [2.24, 2.45) is 0 Å². The first-order chi connectivity index (χ1) is 18.6. The number of anilines is 2. The van der Waals surface area contributed by atoms with Gasteiger partial charge in [0.2, 0.25) is 0 Å². The number of nitrogens with zero attached hydrogens (tertiary/aromatic N) is 7. The normalized spacial score (nSPS) is 18.7. The predicted octanol–water partition coefficient (Wildman–Crippen LogP) is 5.58. The molecule has 2 saturated heterocycles. The van der Waals surface area contributed by atoms with E-state index in [1.807, 2.05) is 35.0 Å². The van der Waals surface area contributed by atoms with Crippen LogP contribution in [0.15, 0.2) is 60.8 Å². The number of aromatic nitrogens is 4. The highest BCUT2D eigenvalue weighted by Crippen LogP contribution is 2.36. The Balaban J connectivity index is 1.26. The van der Waals surface area contributed by atoms with E-state index in [9.17, 15) is 4.39 Å². The van der Waals surface area contributed by atoms with Crippen LogP contribution in [0.3, 0.4) is 0 Å². The minimum absolute atomic E-state index is 0.114. The fourth-order valence-corrected chi connectivity index (χ4v) is 6.23. The van der Waals surface area contributed by atoms with Gasteiger partial charge in [0, 0.05) is 25.7 Å². The van der Waals surface area contributed by atoms with E-state index in [-0.39, 0.29) is 11.9 Å². The smallest absolute Gasteiger partial charge is 0.154 e. The number of hydrogen-bond donors (Lipinski definition) is 0. The van der Waals surface area contributed by atoms with Crippen LogP contribution in [-0.4, -0.2) is 63.2 Å². The van der Waals surface area contributed by atoms with Crippen LogP contribution < -0.4 is 9.80 Å². The molecule has 1 atom stereocenters. The molecule has 5 heterocycles. The van der Waals surface area contributed by atoms with Gasteiger partial charge in [-0.1, -0.05) is 32.0 Å². The van der Waals surface area contributed by atoms with E-state index in [1.54, 1.807) is 12.1 Å². The van der Waals surface area contributed by atoms with Gasteiger partial charge in [0.1, 0.15) is 23.1 Å². The van der Waals surface area contributed by atoms with Crippen LogP contribution in [0.4, 0.5) is 16.0 Å². The van der Waals surface area contributed by atoms with Crippen molar-refractivity contribution in [3.05, 3.63) is 72.2 Å². The summed E-state index contributed by atoms with van der Waals surface area (Å²) in [7, 11) is 0. The van der Waals surface area contributed by atoms with E-state index >= 15 is 0 Å². The van der Waals surface area contributed by atoms with Gasteiger partial charge in [-0.3, -0.25) is 0 Å². The van der Waals surface area contributed by atoms with Crippen molar-refractivity contribution in [3.8, 4) is 11.4 Å². The lowest BCUT2D eigenvalue weighted by atomic mass is 10.0. The maximum Gasteiger partial charge on any atom is 0.154 e. The van der Waals surface area contributed by atoms with Gasteiger partial charge in [0.15, 0.2) is 5.65 Å². The highest BCUT2D eigenvalue weighted by molar-refractivity contribution is 5.62. The SMILES string of the molecule is CCN(CC)C1CCN(c2cccc(-c3cnc4ccc(N5CCCC5c5cccc(F)c5)nn34)n2)CC1. The average molecular weight is 514 g/mol. The fraction of sp³-hybridized carbons (Fsp3) is 0.433. The zero-order valence-electron chi connectivity index (χ0n) is 22.3. The number of hydrogen-bond acceptors (Lipinski definition) is 6. The largest absolute Gasteiger partial charge is 0.356 e. The predicted molar refractivity (Wildman–Crippen MR) is 150 cm³/mol. The Morgan fingerprint density at radius 3 is 2.53 bits per heavy atom. The van der Waals surface area contributed by atoms with Gasteiger partial charge in [0.05, 0.1) is 17.9 Å². The number of pyridine rings is 1. The number of piperidine rings is 1. The fourth-order valence-electron chi connectivity index (χ4n) is 6.23. The lowest BCUT2D eigenvalue weighted by Crippen LogP contribution is -2.45. The van der Waals surface area contributed by atoms with Crippen molar-refractivity contribution in [3.63, 3.8) is 0 Å². The van der Waals surface area contributed by atoms with Crippen molar-refractivity contribution in [2.75, 3.05) is 42.5 Å². The zero-order chi connectivity index (χ0) is 26.1. The molecule has 38 heavy (non-hydrogen) atoms. The third-order valence-electron chi connectivity index (χ3n) is 8.24. The molecule has 198 valence electrons. The average Bonchev–Trinajstić information content (AvgIpc) is 3.62. The van der Waals surface area contributed by atoms with Crippen LogP contribution in [0.2, 0.25) is 0 Å². The van der Waals surface area contributed by atoms with Crippen LogP contribution in [0, 0.1) is 5.82 Å². The lowest BCUT2D eigenvalue weighted by Gasteiger charge is -2.38. The van der Waals surface area contributed by atoms with E-state index in [4.69, 9.17) is 10.1 Å².